The number of alkyl halides is 3. The van der Waals surface area contributed by atoms with E-state index in [1.165, 1.54) is 0 Å². The summed E-state index contributed by atoms with van der Waals surface area (Å²) in [4.78, 5) is 0. The largest absolute Gasteiger partial charge is 0.194 e. The van der Waals surface area contributed by atoms with Crippen LogP contribution in [0.2, 0.25) is 0 Å². The normalized spacial score (nSPS) is 12.3. The second kappa shape index (κ2) is 5.41. The molecule has 0 saturated carbocycles. The zero-order valence-corrected chi connectivity index (χ0v) is 11.0. The van der Waals surface area contributed by atoms with E-state index in [0.717, 1.165) is 10.0 Å². The molecule has 0 amide bonds. The van der Waals surface area contributed by atoms with Gasteiger partial charge in [0.1, 0.15) is 0 Å². The molecule has 0 bridgehead atoms. The Balaban J connectivity index is 2.65. The summed E-state index contributed by atoms with van der Waals surface area (Å²) >= 11 is 20.2. The van der Waals surface area contributed by atoms with Gasteiger partial charge < -0.3 is 0 Å². The molecular weight excluding hydrogens is 306 g/mol. The quantitative estimate of drug-likeness (QED) is 0.656. The van der Waals surface area contributed by atoms with E-state index in [4.69, 9.17) is 34.8 Å². The van der Waals surface area contributed by atoms with Gasteiger partial charge in [-0.25, -0.2) is 0 Å². The van der Waals surface area contributed by atoms with E-state index in [1.54, 1.807) is 0 Å². The van der Waals surface area contributed by atoms with Crippen molar-refractivity contribution in [3.8, 4) is 0 Å². The van der Waals surface area contributed by atoms with E-state index in [9.17, 15) is 0 Å². The van der Waals surface area contributed by atoms with E-state index in [2.05, 4.69) is 15.9 Å². The van der Waals surface area contributed by atoms with Crippen LogP contribution in [0.25, 0.3) is 6.08 Å². The first-order chi connectivity index (χ1) is 6.49. The second-order valence-corrected chi connectivity index (χ2v) is 6.11. The average molecular weight is 314 g/mol. The first-order valence-corrected chi connectivity index (χ1v) is 5.89. The van der Waals surface area contributed by atoms with Gasteiger partial charge in [-0.15, -0.1) is 0 Å². The standard InChI is InChI=1S/C10H8BrCl3/c11-9-6-2-1-4-8(9)5-3-7-10(12,13)14/h1-6H,7H2/b5-3-. The van der Waals surface area contributed by atoms with Gasteiger partial charge in [-0.2, -0.15) is 0 Å². The van der Waals surface area contributed by atoms with Crippen LogP contribution in [-0.4, -0.2) is 3.79 Å². The minimum Gasteiger partial charge on any atom is -0.0833 e. The van der Waals surface area contributed by atoms with Crippen LogP contribution in [0, 0.1) is 0 Å². The number of rotatable bonds is 2. The summed E-state index contributed by atoms with van der Waals surface area (Å²) in [5, 5.41) is 0. The van der Waals surface area contributed by atoms with Crippen LogP contribution in [0.1, 0.15) is 12.0 Å². The summed E-state index contributed by atoms with van der Waals surface area (Å²) in [6, 6.07) is 7.87. The van der Waals surface area contributed by atoms with Crippen LogP contribution in [0.3, 0.4) is 0 Å². The molecule has 0 heterocycles. The number of benzene rings is 1. The summed E-state index contributed by atoms with van der Waals surface area (Å²) in [6.07, 6.45) is 4.16. The maximum Gasteiger partial charge on any atom is 0.194 e. The highest BCUT2D eigenvalue weighted by Crippen LogP contribution is 2.30. The Bertz CT molecular complexity index is 328. The zero-order chi connectivity index (χ0) is 10.6. The van der Waals surface area contributed by atoms with Crippen molar-refractivity contribution in [1.82, 2.24) is 0 Å². The van der Waals surface area contributed by atoms with Crippen molar-refractivity contribution in [2.24, 2.45) is 0 Å². The Morgan fingerprint density at radius 3 is 2.43 bits per heavy atom. The Kier molecular flexibility index (Phi) is 4.78. The first-order valence-electron chi connectivity index (χ1n) is 3.97. The molecule has 0 aliphatic rings. The molecule has 0 aromatic heterocycles. The Labute approximate surface area is 107 Å². The third-order valence-electron chi connectivity index (χ3n) is 1.55. The summed E-state index contributed by atoms with van der Waals surface area (Å²) in [5.41, 5.74) is 1.07. The molecule has 76 valence electrons. The smallest absolute Gasteiger partial charge is 0.0833 e. The Hall–Kier alpha value is 0.310. The van der Waals surface area contributed by atoms with Gasteiger partial charge in [0.05, 0.1) is 0 Å². The average Bonchev–Trinajstić information content (AvgIpc) is 2.06. The van der Waals surface area contributed by atoms with Crippen LogP contribution in [0.4, 0.5) is 0 Å². The zero-order valence-electron chi connectivity index (χ0n) is 7.18. The van der Waals surface area contributed by atoms with Gasteiger partial charge in [0.15, 0.2) is 3.79 Å². The van der Waals surface area contributed by atoms with Crippen LogP contribution < -0.4 is 0 Å². The fourth-order valence-corrected chi connectivity index (χ4v) is 1.61. The molecule has 0 nitrogen and oxygen atoms in total. The van der Waals surface area contributed by atoms with Crippen molar-refractivity contribution in [3.05, 3.63) is 40.4 Å². The van der Waals surface area contributed by atoms with Crippen LogP contribution in [-0.2, 0) is 0 Å². The molecule has 1 aromatic rings. The molecule has 0 saturated heterocycles. The second-order valence-electron chi connectivity index (χ2n) is 2.74. The Morgan fingerprint density at radius 1 is 1.21 bits per heavy atom. The van der Waals surface area contributed by atoms with Gasteiger partial charge in [-0.1, -0.05) is 81.1 Å². The predicted octanol–water partition coefficient (Wildman–Crippen LogP) is 5.22. The molecule has 0 atom stereocenters. The molecule has 0 N–H and O–H groups in total. The van der Waals surface area contributed by atoms with Crippen molar-refractivity contribution in [2.75, 3.05) is 0 Å². The van der Waals surface area contributed by atoms with Gasteiger partial charge in [-0.3, -0.25) is 0 Å². The lowest BCUT2D eigenvalue weighted by molar-refractivity contribution is 1.08. The lowest BCUT2D eigenvalue weighted by Crippen LogP contribution is -1.97. The highest BCUT2D eigenvalue weighted by molar-refractivity contribution is 9.10. The number of allylic oxidation sites excluding steroid dienone is 1. The van der Waals surface area contributed by atoms with Gasteiger partial charge >= 0.3 is 0 Å². The third kappa shape index (κ3) is 4.70. The summed E-state index contributed by atoms with van der Waals surface area (Å²) in [7, 11) is 0. The number of hydrogen-bond donors (Lipinski definition) is 0. The fraction of sp³-hybridized carbons (Fsp3) is 0.200. The number of hydrogen-bond acceptors (Lipinski definition) is 0. The predicted molar refractivity (Wildman–Crippen MR) is 68.1 cm³/mol. The van der Waals surface area contributed by atoms with Gasteiger partial charge in [0.2, 0.25) is 0 Å². The van der Waals surface area contributed by atoms with Gasteiger partial charge in [0, 0.05) is 10.9 Å². The summed E-state index contributed by atoms with van der Waals surface area (Å²) in [6.45, 7) is 0. The molecule has 0 spiro atoms. The van der Waals surface area contributed by atoms with Crippen molar-refractivity contribution >= 4 is 56.8 Å². The maximum atomic E-state index is 5.61. The lowest BCUT2D eigenvalue weighted by atomic mass is 10.2. The van der Waals surface area contributed by atoms with Crippen molar-refractivity contribution in [2.45, 2.75) is 10.2 Å². The minimum atomic E-state index is -1.21. The van der Waals surface area contributed by atoms with Gasteiger partial charge in [-0.05, 0) is 11.6 Å². The Morgan fingerprint density at radius 2 is 1.86 bits per heavy atom. The van der Waals surface area contributed by atoms with Gasteiger partial charge in [0.25, 0.3) is 0 Å². The lowest BCUT2D eigenvalue weighted by Gasteiger charge is -2.05. The molecule has 0 aliphatic heterocycles. The van der Waals surface area contributed by atoms with Crippen LogP contribution >= 0.6 is 50.7 Å². The van der Waals surface area contributed by atoms with Crippen molar-refractivity contribution < 1.29 is 0 Å². The molecule has 0 unspecified atom stereocenters. The first kappa shape index (κ1) is 12.4. The van der Waals surface area contributed by atoms with E-state index < -0.39 is 3.79 Å². The molecule has 0 aliphatic carbocycles. The SMILES string of the molecule is ClC(Cl)(Cl)C/C=C\c1ccccc1Br. The van der Waals surface area contributed by atoms with E-state index in [-0.39, 0.29) is 0 Å². The van der Waals surface area contributed by atoms with E-state index >= 15 is 0 Å². The van der Waals surface area contributed by atoms with Crippen molar-refractivity contribution in [1.29, 1.82) is 0 Å². The fourth-order valence-electron chi connectivity index (χ4n) is 0.930. The van der Waals surface area contributed by atoms with Crippen LogP contribution in [0.5, 0.6) is 0 Å². The molecule has 0 radical (unpaired) electrons. The summed E-state index contributed by atoms with van der Waals surface area (Å²) in [5.74, 6) is 0. The van der Waals surface area contributed by atoms with Crippen LogP contribution in [0.15, 0.2) is 34.8 Å². The monoisotopic (exact) mass is 312 g/mol. The number of halogens is 4. The summed E-state index contributed by atoms with van der Waals surface area (Å²) < 4.78 is -0.182. The minimum absolute atomic E-state index is 0.402. The highest BCUT2D eigenvalue weighted by Gasteiger charge is 2.16. The molecular formula is C10H8BrCl3. The van der Waals surface area contributed by atoms with Crippen molar-refractivity contribution in [3.63, 3.8) is 0 Å². The molecule has 1 rings (SSSR count). The topological polar surface area (TPSA) is 0 Å². The molecule has 4 heteroatoms. The highest BCUT2D eigenvalue weighted by atomic mass is 79.9. The molecule has 14 heavy (non-hydrogen) atoms. The third-order valence-corrected chi connectivity index (χ3v) is 2.74. The van der Waals surface area contributed by atoms with E-state index in [0.29, 0.717) is 6.42 Å². The molecule has 1 aromatic carbocycles. The van der Waals surface area contributed by atoms with E-state index in [1.807, 2.05) is 36.4 Å². The molecule has 0 fully saturated rings. The maximum absolute atomic E-state index is 5.61.